The fourth-order valence-electron chi connectivity index (χ4n) is 4.80. The van der Waals surface area contributed by atoms with Crippen LogP contribution >= 0.6 is 0 Å². The van der Waals surface area contributed by atoms with Crippen molar-refractivity contribution in [2.24, 2.45) is 21.6 Å². The minimum atomic E-state index is -4.38. The number of rotatable bonds is 8. The molecule has 0 bridgehead atoms. The molecule has 2 aliphatic heterocycles. The number of carbonyl (C=O) groups is 2. The second kappa shape index (κ2) is 10.3. The minimum Gasteiger partial charge on any atom is -0.341 e. The van der Waals surface area contributed by atoms with Crippen LogP contribution in [0.5, 0.6) is 0 Å². The molecule has 1 fully saturated rings. The van der Waals surface area contributed by atoms with Crippen LogP contribution in [0.1, 0.15) is 39.2 Å². The summed E-state index contributed by atoms with van der Waals surface area (Å²) in [5.74, 6) is -2.95. The lowest BCUT2D eigenvalue weighted by Gasteiger charge is -2.43. The first-order valence-electron chi connectivity index (χ1n) is 12.4. The maximum atomic E-state index is 13.9. The third-order valence-electron chi connectivity index (χ3n) is 6.83. The Morgan fingerprint density at radius 3 is 2.46 bits per heavy atom. The molecule has 1 saturated heterocycles. The van der Waals surface area contributed by atoms with E-state index in [1.54, 1.807) is 19.1 Å². The van der Waals surface area contributed by atoms with Crippen LogP contribution in [-0.4, -0.2) is 52.1 Å². The van der Waals surface area contributed by atoms with E-state index in [4.69, 9.17) is 0 Å². The first-order chi connectivity index (χ1) is 18.1. The predicted molar refractivity (Wildman–Crippen MR) is 146 cm³/mol. The van der Waals surface area contributed by atoms with Crippen LogP contribution in [0.25, 0.3) is 0 Å². The van der Waals surface area contributed by atoms with Crippen molar-refractivity contribution in [2.45, 2.75) is 45.1 Å². The second-order valence-corrected chi connectivity index (χ2v) is 14.1. The SMILES string of the molecule is CC(C)CCC1(C)CN(Cc2ccc(F)cc2)C(=O)C(C2=NS(=O)(=O)c3cc(NS(C)(=O)=O)ccc3N2)C1=O. The van der Waals surface area contributed by atoms with E-state index in [1.165, 1.54) is 29.2 Å². The molecule has 0 aliphatic carbocycles. The maximum absolute atomic E-state index is 13.9. The Labute approximate surface area is 227 Å². The number of amidine groups is 1. The van der Waals surface area contributed by atoms with Gasteiger partial charge in [0.2, 0.25) is 15.9 Å². The molecule has 2 aromatic rings. The van der Waals surface area contributed by atoms with Gasteiger partial charge in [-0.25, -0.2) is 12.8 Å². The molecule has 13 heteroatoms. The molecule has 0 saturated carbocycles. The maximum Gasteiger partial charge on any atom is 0.286 e. The van der Waals surface area contributed by atoms with Crippen molar-refractivity contribution in [2.75, 3.05) is 22.8 Å². The van der Waals surface area contributed by atoms with Gasteiger partial charge in [-0.3, -0.25) is 14.3 Å². The molecule has 1 amide bonds. The van der Waals surface area contributed by atoms with Crippen molar-refractivity contribution < 1.29 is 30.8 Å². The van der Waals surface area contributed by atoms with Gasteiger partial charge < -0.3 is 10.2 Å². The van der Waals surface area contributed by atoms with Crippen LogP contribution in [-0.2, 0) is 36.2 Å². The topological polar surface area (TPSA) is 142 Å². The van der Waals surface area contributed by atoms with Crippen LogP contribution in [0.3, 0.4) is 0 Å². The van der Waals surface area contributed by atoms with E-state index < -0.39 is 48.9 Å². The van der Waals surface area contributed by atoms with Gasteiger partial charge in [0.1, 0.15) is 16.5 Å². The number of piperidine rings is 1. The van der Waals surface area contributed by atoms with Crippen LogP contribution in [0.2, 0.25) is 0 Å². The van der Waals surface area contributed by atoms with Gasteiger partial charge in [0, 0.05) is 24.2 Å². The molecule has 0 spiro atoms. The summed E-state index contributed by atoms with van der Waals surface area (Å²) in [4.78, 5) is 28.8. The Kier molecular flexibility index (Phi) is 7.60. The summed E-state index contributed by atoms with van der Waals surface area (Å²) in [6.07, 6.45) is 2.12. The van der Waals surface area contributed by atoms with Crippen LogP contribution in [0.4, 0.5) is 15.8 Å². The summed E-state index contributed by atoms with van der Waals surface area (Å²) in [7, 11) is -8.04. The summed E-state index contributed by atoms with van der Waals surface area (Å²) < 4.78 is 69.0. The number of sulfonamides is 2. The molecule has 4 rings (SSSR count). The van der Waals surface area contributed by atoms with Gasteiger partial charge in [-0.05, 0) is 54.7 Å². The van der Waals surface area contributed by atoms with Gasteiger partial charge in [0.15, 0.2) is 11.7 Å². The number of ketones is 1. The van der Waals surface area contributed by atoms with Crippen molar-refractivity contribution in [3.63, 3.8) is 0 Å². The van der Waals surface area contributed by atoms with Crippen molar-refractivity contribution >= 4 is 48.9 Å². The summed E-state index contributed by atoms with van der Waals surface area (Å²) in [6.45, 7) is 6.06. The zero-order valence-corrected chi connectivity index (χ0v) is 23.7. The molecule has 2 atom stereocenters. The number of benzene rings is 2. The van der Waals surface area contributed by atoms with E-state index in [2.05, 4.69) is 14.4 Å². The number of Topliss-reactive ketones (excluding diaryl/α,β-unsaturated/α-hetero) is 1. The summed E-state index contributed by atoms with van der Waals surface area (Å²) >= 11 is 0. The molecule has 10 nitrogen and oxygen atoms in total. The lowest BCUT2D eigenvalue weighted by molar-refractivity contribution is -0.152. The minimum absolute atomic E-state index is 0.0248. The highest BCUT2D eigenvalue weighted by atomic mass is 32.2. The number of halogens is 1. The van der Waals surface area contributed by atoms with Crippen molar-refractivity contribution in [1.82, 2.24) is 4.90 Å². The molecular weight excluding hydrogens is 547 g/mol. The molecule has 2 unspecified atom stereocenters. The summed E-state index contributed by atoms with van der Waals surface area (Å²) in [5.41, 5.74) is -0.220. The first-order valence-corrected chi connectivity index (χ1v) is 15.7. The van der Waals surface area contributed by atoms with Gasteiger partial charge in [-0.1, -0.05) is 32.9 Å². The number of nitrogens with one attached hydrogen (secondary N) is 2. The molecule has 39 heavy (non-hydrogen) atoms. The van der Waals surface area contributed by atoms with Gasteiger partial charge in [0.25, 0.3) is 10.0 Å². The van der Waals surface area contributed by atoms with Gasteiger partial charge in [-0.15, -0.1) is 4.40 Å². The van der Waals surface area contributed by atoms with Crippen LogP contribution in [0, 0.1) is 23.1 Å². The molecule has 2 N–H and O–H groups in total. The lowest BCUT2D eigenvalue weighted by Crippen LogP contribution is -2.59. The Balaban J connectivity index is 1.73. The predicted octanol–water partition coefficient (Wildman–Crippen LogP) is 3.38. The number of fused-ring (bicyclic) bond motifs is 1. The number of hydrogen-bond donors (Lipinski definition) is 2. The number of anilines is 2. The van der Waals surface area contributed by atoms with Crippen molar-refractivity contribution in [3.05, 3.63) is 53.8 Å². The largest absolute Gasteiger partial charge is 0.341 e. The number of nitrogens with zero attached hydrogens (tertiary/aromatic N) is 2. The van der Waals surface area contributed by atoms with Crippen LogP contribution < -0.4 is 10.0 Å². The average Bonchev–Trinajstić information content (AvgIpc) is 2.82. The number of amides is 1. The van der Waals surface area contributed by atoms with E-state index in [1.807, 2.05) is 13.8 Å². The van der Waals surface area contributed by atoms with E-state index in [0.29, 0.717) is 24.3 Å². The lowest BCUT2D eigenvalue weighted by atomic mass is 9.71. The summed E-state index contributed by atoms with van der Waals surface area (Å²) in [5, 5.41) is 2.84. The molecule has 0 radical (unpaired) electrons. The van der Waals surface area contributed by atoms with Crippen molar-refractivity contribution in [3.8, 4) is 0 Å². The molecule has 2 aliphatic rings. The van der Waals surface area contributed by atoms with Crippen molar-refractivity contribution in [1.29, 1.82) is 0 Å². The van der Waals surface area contributed by atoms with Crippen LogP contribution in [0.15, 0.2) is 51.8 Å². The monoisotopic (exact) mass is 578 g/mol. The van der Waals surface area contributed by atoms with Gasteiger partial charge in [-0.2, -0.15) is 8.42 Å². The highest BCUT2D eigenvalue weighted by Crippen LogP contribution is 2.39. The number of hydrogen-bond acceptors (Lipinski definition) is 7. The zero-order valence-electron chi connectivity index (χ0n) is 22.1. The fraction of sp³-hybridized carbons (Fsp3) is 0.423. The number of carbonyl (C=O) groups excluding carboxylic acids is 2. The Bertz CT molecular complexity index is 1560. The second-order valence-electron chi connectivity index (χ2n) is 10.8. The highest BCUT2D eigenvalue weighted by Gasteiger charge is 2.51. The Morgan fingerprint density at radius 2 is 1.85 bits per heavy atom. The standard InChI is InChI=1S/C26H31FN4O6S2/c1-16(2)11-12-26(3)15-31(14-17-5-7-18(27)8-6-17)25(33)22(23(26)32)24-28-20-10-9-19(29-38(4,34)35)13-21(20)39(36,37)30-24/h5-10,13,16,22,29H,11-12,14-15H2,1-4H3,(H,28,30). The van der Waals surface area contributed by atoms with Gasteiger partial charge >= 0.3 is 0 Å². The Hall–Kier alpha value is -3.32. The fourth-order valence-corrected chi connectivity index (χ4v) is 6.53. The van der Waals surface area contributed by atoms with E-state index in [9.17, 15) is 30.8 Å². The molecule has 210 valence electrons. The van der Waals surface area contributed by atoms with E-state index >= 15 is 0 Å². The third-order valence-corrected chi connectivity index (χ3v) is 8.77. The zero-order chi connectivity index (χ0) is 28.8. The third kappa shape index (κ3) is 6.30. The molecule has 0 aromatic heterocycles. The number of likely N-dealkylation sites (tertiary alicyclic amines) is 1. The highest BCUT2D eigenvalue weighted by molar-refractivity contribution is 7.92. The Morgan fingerprint density at radius 1 is 1.18 bits per heavy atom. The normalized spacial score (nSPS) is 22.8. The average molecular weight is 579 g/mol. The van der Waals surface area contributed by atoms with Gasteiger partial charge in [0.05, 0.1) is 11.9 Å². The smallest absolute Gasteiger partial charge is 0.286 e. The summed E-state index contributed by atoms with van der Waals surface area (Å²) in [6, 6.07) is 9.51. The van der Waals surface area contributed by atoms with E-state index in [0.717, 1.165) is 12.3 Å². The quantitative estimate of drug-likeness (QED) is 0.457. The first kappa shape index (κ1) is 28.7. The van der Waals surface area contributed by atoms with E-state index in [-0.39, 0.29) is 35.2 Å². The molecule has 2 heterocycles. The molecule has 2 aromatic carbocycles. The molecular formula is C26H31FN4O6S2.